The van der Waals surface area contributed by atoms with Gasteiger partial charge >= 0.3 is 0 Å². The standard InChI is InChI=1S/C16H18N2O2S/c1-12(17)13-7-8-16-14(11-13)9-10-18(16)21(19,20)15-5-3-2-4-6-15/h2-8,11-12H,9-10,17H2,1H3. The van der Waals surface area contributed by atoms with E-state index in [1.54, 1.807) is 24.3 Å². The zero-order valence-corrected chi connectivity index (χ0v) is 12.7. The summed E-state index contributed by atoms with van der Waals surface area (Å²) >= 11 is 0. The minimum Gasteiger partial charge on any atom is -0.324 e. The van der Waals surface area contributed by atoms with Gasteiger partial charge in [0.15, 0.2) is 0 Å². The molecule has 2 aromatic carbocycles. The number of benzene rings is 2. The first kappa shape index (κ1) is 14.1. The summed E-state index contributed by atoms with van der Waals surface area (Å²) in [5, 5.41) is 0. The third-order valence-electron chi connectivity index (χ3n) is 3.81. The van der Waals surface area contributed by atoms with Gasteiger partial charge in [0.1, 0.15) is 0 Å². The molecule has 2 aromatic rings. The Hall–Kier alpha value is -1.85. The molecular formula is C16H18N2O2S. The number of anilines is 1. The summed E-state index contributed by atoms with van der Waals surface area (Å²) in [7, 11) is -3.48. The molecule has 2 N–H and O–H groups in total. The Kier molecular flexibility index (Phi) is 3.47. The molecule has 1 unspecified atom stereocenters. The Morgan fingerprint density at radius 1 is 1.14 bits per heavy atom. The third-order valence-corrected chi connectivity index (χ3v) is 5.64. The lowest BCUT2D eigenvalue weighted by Crippen LogP contribution is -2.29. The Morgan fingerprint density at radius 2 is 1.86 bits per heavy atom. The molecule has 21 heavy (non-hydrogen) atoms. The van der Waals surface area contributed by atoms with E-state index in [1.807, 2.05) is 31.2 Å². The van der Waals surface area contributed by atoms with Crippen LogP contribution in [0.5, 0.6) is 0 Å². The smallest absolute Gasteiger partial charge is 0.264 e. The van der Waals surface area contributed by atoms with Gasteiger partial charge < -0.3 is 5.73 Å². The maximum atomic E-state index is 12.7. The highest BCUT2D eigenvalue weighted by atomic mass is 32.2. The molecule has 0 bridgehead atoms. The predicted octanol–water partition coefficient (Wildman–Crippen LogP) is 2.46. The van der Waals surface area contributed by atoms with E-state index in [9.17, 15) is 8.42 Å². The number of nitrogens with zero attached hydrogens (tertiary/aromatic N) is 1. The van der Waals surface area contributed by atoms with Crippen LogP contribution in [0.25, 0.3) is 0 Å². The van der Waals surface area contributed by atoms with Crippen LogP contribution in [0.3, 0.4) is 0 Å². The fourth-order valence-corrected chi connectivity index (χ4v) is 4.17. The van der Waals surface area contributed by atoms with Crippen molar-refractivity contribution < 1.29 is 8.42 Å². The largest absolute Gasteiger partial charge is 0.324 e. The Balaban J connectivity index is 2.02. The van der Waals surface area contributed by atoms with E-state index in [2.05, 4.69) is 0 Å². The molecule has 0 amide bonds. The van der Waals surface area contributed by atoms with Crippen molar-refractivity contribution in [3.05, 3.63) is 59.7 Å². The van der Waals surface area contributed by atoms with Crippen LogP contribution >= 0.6 is 0 Å². The monoisotopic (exact) mass is 302 g/mol. The van der Waals surface area contributed by atoms with Gasteiger partial charge in [-0.2, -0.15) is 0 Å². The summed E-state index contributed by atoms with van der Waals surface area (Å²) in [5.41, 5.74) is 8.73. The van der Waals surface area contributed by atoms with Gasteiger partial charge in [-0.3, -0.25) is 4.31 Å². The van der Waals surface area contributed by atoms with Gasteiger partial charge in [-0.25, -0.2) is 8.42 Å². The Morgan fingerprint density at radius 3 is 2.52 bits per heavy atom. The van der Waals surface area contributed by atoms with Crippen molar-refractivity contribution in [2.75, 3.05) is 10.8 Å². The lowest BCUT2D eigenvalue weighted by Gasteiger charge is -2.20. The number of hydrogen-bond acceptors (Lipinski definition) is 3. The third kappa shape index (κ3) is 2.43. The molecule has 0 fully saturated rings. The molecule has 110 valence electrons. The maximum Gasteiger partial charge on any atom is 0.264 e. The van der Waals surface area contributed by atoms with Crippen LogP contribution in [-0.4, -0.2) is 15.0 Å². The molecule has 1 atom stereocenters. The van der Waals surface area contributed by atoms with Crippen molar-refractivity contribution >= 4 is 15.7 Å². The summed E-state index contributed by atoms with van der Waals surface area (Å²) < 4.78 is 26.9. The van der Waals surface area contributed by atoms with Crippen LogP contribution in [0.1, 0.15) is 24.1 Å². The summed E-state index contributed by atoms with van der Waals surface area (Å²) in [6.07, 6.45) is 0.724. The van der Waals surface area contributed by atoms with E-state index in [0.717, 1.165) is 23.2 Å². The quantitative estimate of drug-likeness (QED) is 0.947. The van der Waals surface area contributed by atoms with E-state index in [0.29, 0.717) is 11.4 Å². The first-order chi connectivity index (χ1) is 10.00. The van der Waals surface area contributed by atoms with Gasteiger partial charge in [0.05, 0.1) is 10.6 Å². The lowest BCUT2D eigenvalue weighted by atomic mass is 10.0. The molecule has 0 spiro atoms. The van der Waals surface area contributed by atoms with Gasteiger partial charge in [-0.1, -0.05) is 30.3 Å². The van der Waals surface area contributed by atoms with Crippen LogP contribution in [-0.2, 0) is 16.4 Å². The van der Waals surface area contributed by atoms with Crippen molar-refractivity contribution in [2.24, 2.45) is 5.73 Å². The molecular weight excluding hydrogens is 284 g/mol. The second-order valence-electron chi connectivity index (χ2n) is 5.32. The fraction of sp³-hybridized carbons (Fsp3) is 0.250. The minimum absolute atomic E-state index is 0.0462. The molecule has 1 heterocycles. The fourth-order valence-electron chi connectivity index (χ4n) is 2.64. The van der Waals surface area contributed by atoms with Gasteiger partial charge in [0, 0.05) is 12.6 Å². The molecule has 0 saturated carbocycles. The number of fused-ring (bicyclic) bond motifs is 1. The molecule has 4 nitrogen and oxygen atoms in total. The van der Waals surface area contributed by atoms with E-state index in [-0.39, 0.29) is 6.04 Å². The lowest BCUT2D eigenvalue weighted by molar-refractivity contribution is 0.592. The van der Waals surface area contributed by atoms with Gasteiger partial charge in [-0.15, -0.1) is 0 Å². The average Bonchev–Trinajstić information content (AvgIpc) is 2.91. The predicted molar refractivity (Wildman–Crippen MR) is 83.7 cm³/mol. The van der Waals surface area contributed by atoms with Gasteiger partial charge in [-0.05, 0) is 42.7 Å². The average molecular weight is 302 g/mol. The van der Waals surface area contributed by atoms with Crippen molar-refractivity contribution in [2.45, 2.75) is 24.3 Å². The molecule has 5 heteroatoms. The minimum atomic E-state index is -3.48. The van der Waals surface area contributed by atoms with E-state index in [1.165, 1.54) is 4.31 Å². The molecule has 0 aliphatic carbocycles. The number of rotatable bonds is 3. The van der Waals surface area contributed by atoms with Crippen LogP contribution in [0.4, 0.5) is 5.69 Å². The van der Waals surface area contributed by atoms with E-state index < -0.39 is 10.0 Å². The van der Waals surface area contributed by atoms with Crippen molar-refractivity contribution in [3.63, 3.8) is 0 Å². The number of sulfonamides is 1. The second kappa shape index (κ2) is 5.16. The molecule has 0 aromatic heterocycles. The highest BCUT2D eigenvalue weighted by Gasteiger charge is 2.30. The number of hydrogen-bond donors (Lipinski definition) is 1. The van der Waals surface area contributed by atoms with Crippen LogP contribution < -0.4 is 10.0 Å². The Bertz CT molecular complexity index is 755. The normalized spacial score (nSPS) is 15.8. The van der Waals surface area contributed by atoms with Crippen LogP contribution in [0.2, 0.25) is 0 Å². The first-order valence-corrected chi connectivity index (χ1v) is 8.40. The Labute approximate surface area is 125 Å². The zero-order valence-electron chi connectivity index (χ0n) is 11.9. The molecule has 3 rings (SSSR count). The van der Waals surface area contributed by atoms with Gasteiger partial charge in [0.2, 0.25) is 0 Å². The van der Waals surface area contributed by atoms with Crippen LogP contribution in [0, 0.1) is 0 Å². The molecule has 1 aliphatic rings. The molecule has 0 radical (unpaired) electrons. The highest BCUT2D eigenvalue weighted by molar-refractivity contribution is 7.92. The van der Waals surface area contributed by atoms with Crippen LogP contribution in [0.15, 0.2) is 53.4 Å². The SMILES string of the molecule is CC(N)c1ccc2c(c1)CCN2S(=O)(=O)c1ccccc1. The second-order valence-corrected chi connectivity index (χ2v) is 7.18. The zero-order chi connectivity index (χ0) is 15.0. The summed E-state index contributed by atoms with van der Waals surface area (Å²) in [5.74, 6) is 0. The molecule has 1 aliphatic heterocycles. The molecule has 0 saturated heterocycles. The van der Waals surface area contributed by atoms with E-state index in [4.69, 9.17) is 5.73 Å². The van der Waals surface area contributed by atoms with Gasteiger partial charge in [0.25, 0.3) is 10.0 Å². The van der Waals surface area contributed by atoms with Crippen molar-refractivity contribution in [1.29, 1.82) is 0 Å². The van der Waals surface area contributed by atoms with Crippen molar-refractivity contribution in [3.8, 4) is 0 Å². The highest BCUT2D eigenvalue weighted by Crippen LogP contribution is 2.34. The number of nitrogens with two attached hydrogens (primary N) is 1. The maximum absolute atomic E-state index is 12.7. The summed E-state index contributed by atoms with van der Waals surface area (Å²) in [6, 6.07) is 14.3. The summed E-state index contributed by atoms with van der Waals surface area (Å²) in [4.78, 5) is 0.328. The first-order valence-electron chi connectivity index (χ1n) is 6.96. The van der Waals surface area contributed by atoms with Crippen molar-refractivity contribution in [1.82, 2.24) is 0 Å². The summed E-state index contributed by atoms with van der Waals surface area (Å²) in [6.45, 7) is 2.41. The topological polar surface area (TPSA) is 63.4 Å². The van der Waals surface area contributed by atoms with E-state index >= 15 is 0 Å².